The number of hydrogen-bond donors (Lipinski definition) is 1. The van der Waals surface area contributed by atoms with Crippen LogP contribution in [0.3, 0.4) is 0 Å². The fourth-order valence-electron chi connectivity index (χ4n) is 5.17. The summed E-state index contributed by atoms with van der Waals surface area (Å²) in [5.41, 5.74) is 4.38. The second-order valence-corrected chi connectivity index (χ2v) is 14.8. The lowest BCUT2D eigenvalue weighted by Crippen LogP contribution is -2.53. The highest BCUT2D eigenvalue weighted by Gasteiger charge is 2.35. The molecule has 1 N–H and O–H groups in total. The average molecular weight is 695 g/mol. The Morgan fingerprint density at radius 2 is 1.49 bits per heavy atom. The molecule has 248 valence electrons. The Labute approximate surface area is 288 Å². The average Bonchev–Trinajstić information content (AvgIpc) is 3.04. The number of amides is 2. The van der Waals surface area contributed by atoms with Crippen LogP contribution < -0.4 is 9.62 Å². The monoisotopic (exact) mass is 693 g/mol. The predicted octanol–water partition coefficient (Wildman–Crippen LogP) is 7.53. The molecule has 4 aromatic rings. The van der Waals surface area contributed by atoms with E-state index in [4.69, 9.17) is 23.2 Å². The third-order valence-electron chi connectivity index (χ3n) is 8.03. The van der Waals surface area contributed by atoms with Gasteiger partial charge in [0.2, 0.25) is 11.8 Å². The Kier molecular flexibility index (Phi) is 12.1. The standard InChI is InChI=1S/C37H41Cl2N3O4S/c1-25(2)22-40-37(44)35(21-29-11-7-6-8-12-29)41(23-30-16-19-32(38)33(39)20-30)36(43)24-42(34-13-9-10-27(4)28(34)5)47(45,46)31-17-14-26(3)15-18-31/h6-20,25,35H,21-24H2,1-5H3,(H,40,44)/t35-/m1/s1. The molecule has 10 heteroatoms. The largest absolute Gasteiger partial charge is 0.354 e. The van der Waals surface area contributed by atoms with E-state index in [1.165, 1.54) is 17.0 Å². The van der Waals surface area contributed by atoms with E-state index in [2.05, 4.69) is 5.32 Å². The van der Waals surface area contributed by atoms with E-state index in [1.54, 1.807) is 42.5 Å². The van der Waals surface area contributed by atoms with Crippen molar-refractivity contribution in [3.8, 4) is 0 Å². The Hall–Kier alpha value is -3.85. The van der Waals surface area contributed by atoms with Crippen molar-refractivity contribution in [3.63, 3.8) is 0 Å². The number of rotatable bonds is 13. The Morgan fingerprint density at radius 3 is 2.13 bits per heavy atom. The molecule has 0 aliphatic carbocycles. The van der Waals surface area contributed by atoms with Crippen LogP contribution in [0.5, 0.6) is 0 Å². The fraction of sp³-hybridized carbons (Fsp3) is 0.297. The van der Waals surface area contributed by atoms with Crippen LogP contribution in [0.15, 0.2) is 95.9 Å². The quantitative estimate of drug-likeness (QED) is 0.157. The van der Waals surface area contributed by atoms with Crippen molar-refractivity contribution in [2.75, 3.05) is 17.4 Å². The summed E-state index contributed by atoms with van der Waals surface area (Å²) >= 11 is 12.6. The van der Waals surface area contributed by atoms with E-state index in [9.17, 15) is 18.0 Å². The first-order chi connectivity index (χ1) is 22.3. The number of halogens is 2. The molecule has 0 aromatic heterocycles. The minimum Gasteiger partial charge on any atom is -0.354 e. The van der Waals surface area contributed by atoms with E-state index in [-0.39, 0.29) is 29.7 Å². The van der Waals surface area contributed by atoms with Crippen LogP contribution in [-0.2, 0) is 32.6 Å². The van der Waals surface area contributed by atoms with E-state index >= 15 is 0 Å². The van der Waals surface area contributed by atoms with Crippen LogP contribution in [0, 0.1) is 26.7 Å². The summed E-state index contributed by atoms with van der Waals surface area (Å²) in [5, 5.41) is 3.66. The smallest absolute Gasteiger partial charge is 0.264 e. The molecule has 4 aromatic carbocycles. The maximum Gasteiger partial charge on any atom is 0.264 e. The van der Waals surface area contributed by atoms with Crippen LogP contribution in [0.25, 0.3) is 0 Å². The zero-order chi connectivity index (χ0) is 34.3. The van der Waals surface area contributed by atoms with Gasteiger partial charge in [-0.1, -0.05) is 103 Å². The van der Waals surface area contributed by atoms with Crippen LogP contribution in [0.2, 0.25) is 10.0 Å². The lowest BCUT2D eigenvalue weighted by atomic mass is 10.0. The van der Waals surface area contributed by atoms with Gasteiger partial charge >= 0.3 is 0 Å². The normalized spacial score (nSPS) is 12.1. The van der Waals surface area contributed by atoms with Gasteiger partial charge in [-0.15, -0.1) is 0 Å². The van der Waals surface area contributed by atoms with Gasteiger partial charge in [-0.2, -0.15) is 0 Å². The number of nitrogens with one attached hydrogen (secondary N) is 1. The lowest BCUT2D eigenvalue weighted by molar-refractivity contribution is -0.140. The first kappa shape index (κ1) is 36.0. The van der Waals surface area contributed by atoms with E-state index < -0.39 is 28.5 Å². The van der Waals surface area contributed by atoms with Gasteiger partial charge in [0.1, 0.15) is 12.6 Å². The number of anilines is 1. The maximum atomic E-state index is 14.7. The highest BCUT2D eigenvalue weighted by molar-refractivity contribution is 7.92. The van der Waals surface area contributed by atoms with E-state index in [0.29, 0.717) is 27.8 Å². The molecule has 4 rings (SSSR count). The third kappa shape index (κ3) is 9.15. The second kappa shape index (κ2) is 15.8. The second-order valence-electron chi connectivity index (χ2n) is 12.2. The van der Waals surface area contributed by atoms with Crippen molar-refractivity contribution >= 4 is 50.7 Å². The number of nitrogens with zero attached hydrogens (tertiary/aromatic N) is 2. The summed E-state index contributed by atoms with van der Waals surface area (Å²) in [6.07, 6.45) is 0.214. The van der Waals surface area contributed by atoms with Crippen molar-refractivity contribution in [1.82, 2.24) is 10.2 Å². The summed E-state index contributed by atoms with van der Waals surface area (Å²) in [6, 6.07) is 25.4. The maximum absolute atomic E-state index is 14.7. The number of carbonyl (C=O) groups excluding carboxylic acids is 2. The molecule has 47 heavy (non-hydrogen) atoms. The van der Waals surface area contributed by atoms with Gasteiger partial charge in [-0.25, -0.2) is 8.42 Å². The first-order valence-corrected chi connectivity index (χ1v) is 17.7. The molecule has 0 saturated carbocycles. The number of sulfonamides is 1. The number of aryl methyl sites for hydroxylation is 2. The molecular formula is C37H41Cl2N3O4S. The molecule has 0 aliphatic heterocycles. The third-order valence-corrected chi connectivity index (χ3v) is 10.5. The molecule has 0 spiro atoms. The lowest BCUT2D eigenvalue weighted by Gasteiger charge is -2.34. The molecule has 0 saturated heterocycles. The van der Waals surface area contributed by atoms with Gasteiger partial charge in [0.25, 0.3) is 10.0 Å². The van der Waals surface area contributed by atoms with Gasteiger partial charge in [0.05, 0.1) is 20.6 Å². The predicted molar refractivity (Wildman–Crippen MR) is 190 cm³/mol. The zero-order valence-electron chi connectivity index (χ0n) is 27.3. The fourth-order valence-corrected chi connectivity index (χ4v) is 6.96. The molecule has 0 heterocycles. The molecule has 0 fully saturated rings. The Balaban J connectivity index is 1.84. The van der Waals surface area contributed by atoms with E-state index in [0.717, 1.165) is 26.6 Å². The summed E-state index contributed by atoms with van der Waals surface area (Å²) in [6.45, 7) is 9.45. The minimum absolute atomic E-state index is 0.00641. The Morgan fingerprint density at radius 1 is 0.809 bits per heavy atom. The van der Waals surface area contributed by atoms with Crippen LogP contribution in [0.1, 0.15) is 41.7 Å². The van der Waals surface area contributed by atoms with Crippen LogP contribution in [0.4, 0.5) is 5.69 Å². The van der Waals surface area contributed by atoms with Crippen molar-refractivity contribution in [2.24, 2.45) is 5.92 Å². The van der Waals surface area contributed by atoms with Crippen molar-refractivity contribution in [1.29, 1.82) is 0 Å². The molecule has 0 aliphatic rings. The van der Waals surface area contributed by atoms with Gasteiger partial charge in [-0.3, -0.25) is 13.9 Å². The molecule has 0 radical (unpaired) electrons. The molecule has 7 nitrogen and oxygen atoms in total. The number of carbonyl (C=O) groups is 2. The highest BCUT2D eigenvalue weighted by Crippen LogP contribution is 2.30. The number of benzene rings is 4. The van der Waals surface area contributed by atoms with E-state index in [1.807, 2.05) is 71.0 Å². The van der Waals surface area contributed by atoms with Gasteiger partial charge in [0.15, 0.2) is 0 Å². The summed E-state index contributed by atoms with van der Waals surface area (Å²) in [4.78, 5) is 30.1. The van der Waals surface area contributed by atoms with Crippen LogP contribution >= 0.6 is 23.2 Å². The Bertz CT molecular complexity index is 1810. The summed E-state index contributed by atoms with van der Waals surface area (Å²) in [5.74, 6) is -0.709. The minimum atomic E-state index is -4.20. The van der Waals surface area contributed by atoms with Crippen molar-refractivity contribution < 1.29 is 18.0 Å². The molecule has 0 unspecified atom stereocenters. The summed E-state index contributed by atoms with van der Waals surface area (Å²) in [7, 11) is -4.20. The molecule has 2 amide bonds. The molecule has 0 bridgehead atoms. The number of hydrogen-bond acceptors (Lipinski definition) is 4. The van der Waals surface area contributed by atoms with Gasteiger partial charge in [0, 0.05) is 19.5 Å². The highest BCUT2D eigenvalue weighted by atomic mass is 35.5. The van der Waals surface area contributed by atoms with Crippen molar-refractivity contribution in [3.05, 3.63) is 129 Å². The molecule has 1 atom stereocenters. The van der Waals surface area contributed by atoms with Crippen LogP contribution in [-0.4, -0.2) is 44.3 Å². The summed E-state index contributed by atoms with van der Waals surface area (Å²) < 4.78 is 29.8. The van der Waals surface area contributed by atoms with Gasteiger partial charge < -0.3 is 10.2 Å². The zero-order valence-corrected chi connectivity index (χ0v) is 29.7. The SMILES string of the molecule is Cc1ccc(S(=O)(=O)N(CC(=O)N(Cc2ccc(Cl)c(Cl)c2)[C@H](Cc2ccccc2)C(=O)NCC(C)C)c2cccc(C)c2C)cc1. The van der Waals surface area contributed by atoms with Gasteiger partial charge in [-0.05, 0) is 79.3 Å². The van der Waals surface area contributed by atoms with Crippen molar-refractivity contribution in [2.45, 2.75) is 58.5 Å². The molecular weight excluding hydrogens is 653 g/mol. The topological polar surface area (TPSA) is 86.8 Å². The first-order valence-electron chi connectivity index (χ1n) is 15.5.